The predicted octanol–water partition coefficient (Wildman–Crippen LogP) is 6.03. The van der Waals surface area contributed by atoms with Crippen molar-refractivity contribution in [3.05, 3.63) is 84.1 Å². The summed E-state index contributed by atoms with van der Waals surface area (Å²) in [5, 5.41) is 10.5. The Kier molecular flexibility index (Phi) is 4.00. The van der Waals surface area contributed by atoms with E-state index in [1.807, 2.05) is 54.6 Å². The van der Waals surface area contributed by atoms with Crippen LogP contribution in [0.15, 0.2) is 83.5 Å². The number of hydrogen-bond acceptors (Lipinski definition) is 3. The van der Waals surface area contributed by atoms with Gasteiger partial charge in [-0.15, -0.1) is 0 Å². The van der Waals surface area contributed by atoms with Crippen LogP contribution in [-0.4, -0.2) is 10.1 Å². The zero-order valence-corrected chi connectivity index (χ0v) is 13.9. The smallest absolute Gasteiger partial charge is 0.134 e. The number of furan rings is 1. The van der Waals surface area contributed by atoms with E-state index in [9.17, 15) is 5.11 Å². The standard InChI is InChI=1S/C21H14ClNO2/c22-17-8-6-14(7-9-17)19-12-16(21-5-2-10-25-21)13-20(23-19)15-3-1-4-18(24)11-15/h1-13,24H. The quantitative estimate of drug-likeness (QED) is 0.491. The Hall–Kier alpha value is -3.04. The summed E-state index contributed by atoms with van der Waals surface area (Å²) in [6.45, 7) is 0. The number of rotatable bonds is 3. The Morgan fingerprint density at radius 1 is 0.760 bits per heavy atom. The van der Waals surface area contributed by atoms with E-state index in [-0.39, 0.29) is 5.75 Å². The van der Waals surface area contributed by atoms with Crippen molar-refractivity contribution in [1.82, 2.24) is 4.98 Å². The molecule has 0 atom stereocenters. The third kappa shape index (κ3) is 3.28. The van der Waals surface area contributed by atoms with Crippen LogP contribution < -0.4 is 0 Å². The fourth-order valence-electron chi connectivity index (χ4n) is 2.70. The summed E-state index contributed by atoms with van der Waals surface area (Å²) in [7, 11) is 0. The lowest BCUT2D eigenvalue weighted by Gasteiger charge is -2.09. The summed E-state index contributed by atoms with van der Waals surface area (Å²) in [6, 6.07) is 22.3. The van der Waals surface area contributed by atoms with E-state index in [0.29, 0.717) is 5.02 Å². The highest BCUT2D eigenvalue weighted by Crippen LogP contribution is 2.31. The van der Waals surface area contributed by atoms with Gasteiger partial charge in [-0.2, -0.15) is 0 Å². The predicted molar refractivity (Wildman–Crippen MR) is 99.5 cm³/mol. The van der Waals surface area contributed by atoms with Crippen molar-refractivity contribution in [2.24, 2.45) is 0 Å². The zero-order valence-electron chi connectivity index (χ0n) is 13.2. The molecule has 25 heavy (non-hydrogen) atoms. The minimum atomic E-state index is 0.204. The molecular formula is C21H14ClNO2. The number of halogens is 1. The van der Waals surface area contributed by atoms with Crippen LogP contribution in [0.25, 0.3) is 33.8 Å². The lowest BCUT2D eigenvalue weighted by atomic mass is 10.0. The molecule has 0 unspecified atom stereocenters. The van der Waals surface area contributed by atoms with Gasteiger partial charge in [0.1, 0.15) is 11.5 Å². The SMILES string of the molecule is Oc1cccc(-c2cc(-c3ccco3)cc(-c3ccc(Cl)cc3)n2)c1. The fraction of sp³-hybridized carbons (Fsp3) is 0. The summed E-state index contributed by atoms with van der Waals surface area (Å²) < 4.78 is 5.55. The van der Waals surface area contributed by atoms with E-state index in [0.717, 1.165) is 33.8 Å². The number of pyridine rings is 1. The van der Waals surface area contributed by atoms with Crippen molar-refractivity contribution in [3.8, 4) is 39.6 Å². The molecule has 0 spiro atoms. The number of phenolic OH excluding ortho intramolecular Hbond substituents is 1. The Morgan fingerprint density at radius 2 is 1.52 bits per heavy atom. The average Bonchev–Trinajstić information content (AvgIpc) is 3.17. The lowest BCUT2D eigenvalue weighted by molar-refractivity contribution is 0.475. The molecule has 4 heteroatoms. The molecule has 4 rings (SSSR count). The van der Waals surface area contributed by atoms with Gasteiger partial charge in [0.05, 0.1) is 17.7 Å². The van der Waals surface area contributed by atoms with Gasteiger partial charge in [0, 0.05) is 21.7 Å². The molecule has 0 amide bonds. The van der Waals surface area contributed by atoms with Crippen molar-refractivity contribution < 1.29 is 9.52 Å². The van der Waals surface area contributed by atoms with Crippen molar-refractivity contribution >= 4 is 11.6 Å². The normalized spacial score (nSPS) is 10.8. The van der Waals surface area contributed by atoms with Crippen LogP contribution in [0.5, 0.6) is 5.75 Å². The van der Waals surface area contributed by atoms with Gasteiger partial charge < -0.3 is 9.52 Å². The van der Waals surface area contributed by atoms with Crippen LogP contribution in [0.3, 0.4) is 0 Å². The van der Waals surface area contributed by atoms with Gasteiger partial charge in [-0.05, 0) is 48.5 Å². The highest BCUT2D eigenvalue weighted by Gasteiger charge is 2.10. The number of nitrogens with zero attached hydrogens (tertiary/aromatic N) is 1. The van der Waals surface area contributed by atoms with Gasteiger partial charge in [-0.3, -0.25) is 0 Å². The van der Waals surface area contributed by atoms with Crippen molar-refractivity contribution in [2.45, 2.75) is 0 Å². The molecule has 122 valence electrons. The molecule has 0 radical (unpaired) electrons. The first-order chi connectivity index (χ1) is 12.2. The molecule has 2 aromatic heterocycles. The highest BCUT2D eigenvalue weighted by atomic mass is 35.5. The van der Waals surface area contributed by atoms with Crippen molar-refractivity contribution in [2.75, 3.05) is 0 Å². The van der Waals surface area contributed by atoms with Crippen LogP contribution in [0.1, 0.15) is 0 Å². The van der Waals surface area contributed by atoms with Crippen LogP contribution in [0.4, 0.5) is 0 Å². The summed E-state index contributed by atoms with van der Waals surface area (Å²) in [5.41, 5.74) is 4.28. The number of benzene rings is 2. The number of aromatic hydroxyl groups is 1. The first-order valence-electron chi connectivity index (χ1n) is 7.80. The third-order valence-electron chi connectivity index (χ3n) is 3.91. The highest BCUT2D eigenvalue weighted by molar-refractivity contribution is 6.30. The van der Waals surface area contributed by atoms with E-state index >= 15 is 0 Å². The van der Waals surface area contributed by atoms with Crippen LogP contribution >= 0.6 is 11.6 Å². The molecule has 3 nitrogen and oxygen atoms in total. The topological polar surface area (TPSA) is 46.3 Å². The molecule has 1 N–H and O–H groups in total. The molecule has 0 bridgehead atoms. The van der Waals surface area contributed by atoms with Crippen LogP contribution in [0, 0.1) is 0 Å². The Labute approximate surface area is 150 Å². The maximum absolute atomic E-state index is 9.78. The zero-order chi connectivity index (χ0) is 17.2. The monoisotopic (exact) mass is 347 g/mol. The van der Waals surface area contributed by atoms with Gasteiger partial charge in [0.15, 0.2) is 0 Å². The Balaban J connectivity index is 1.90. The first kappa shape index (κ1) is 15.5. The summed E-state index contributed by atoms with van der Waals surface area (Å²) in [4.78, 5) is 4.76. The van der Waals surface area contributed by atoms with Gasteiger partial charge in [0.2, 0.25) is 0 Å². The van der Waals surface area contributed by atoms with E-state index in [1.165, 1.54) is 0 Å². The largest absolute Gasteiger partial charge is 0.508 e. The van der Waals surface area contributed by atoms with E-state index in [1.54, 1.807) is 24.5 Å². The fourth-order valence-corrected chi connectivity index (χ4v) is 2.82. The third-order valence-corrected chi connectivity index (χ3v) is 4.16. The van der Waals surface area contributed by atoms with Crippen molar-refractivity contribution in [3.63, 3.8) is 0 Å². The first-order valence-corrected chi connectivity index (χ1v) is 8.18. The second kappa shape index (κ2) is 6.46. The molecule has 0 saturated heterocycles. The van der Waals surface area contributed by atoms with E-state index < -0.39 is 0 Å². The van der Waals surface area contributed by atoms with Crippen LogP contribution in [-0.2, 0) is 0 Å². The summed E-state index contributed by atoms with van der Waals surface area (Å²) in [5.74, 6) is 0.967. The second-order valence-electron chi connectivity index (χ2n) is 5.66. The van der Waals surface area contributed by atoms with Gasteiger partial charge >= 0.3 is 0 Å². The summed E-state index contributed by atoms with van der Waals surface area (Å²) in [6.07, 6.45) is 1.64. The van der Waals surface area contributed by atoms with E-state index in [4.69, 9.17) is 21.0 Å². The number of aromatic nitrogens is 1. The maximum atomic E-state index is 9.78. The van der Waals surface area contributed by atoms with Crippen molar-refractivity contribution in [1.29, 1.82) is 0 Å². The Morgan fingerprint density at radius 3 is 2.20 bits per heavy atom. The summed E-state index contributed by atoms with van der Waals surface area (Å²) >= 11 is 5.99. The average molecular weight is 348 g/mol. The van der Waals surface area contributed by atoms with Gasteiger partial charge in [-0.1, -0.05) is 35.9 Å². The van der Waals surface area contributed by atoms with Gasteiger partial charge in [-0.25, -0.2) is 4.98 Å². The molecular weight excluding hydrogens is 334 g/mol. The minimum absolute atomic E-state index is 0.204. The number of hydrogen-bond donors (Lipinski definition) is 1. The molecule has 0 saturated carbocycles. The molecule has 0 aliphatic rings. The molecule has 2 heterocycles. The molecule has 0 aliphatic carbocycles. The molecule has 0 fully saturated rings. The minimum Gasteiger partial charge on any atom is -0.508 e. The van der Waals surface area contributed by atoms with Gasteiger partial charge in [0.25, 0.3) is 0 Å². The molecule has 4 aromatic rings. The van der Waals surface area contributed by atoms with E-state index in [2.05, 4.69) is 0 Å². The molecule has 2 aromatic carbocycles. The maximum Gasteiger partial charge on any atom is 0.134 e. The lowest BCUT2D eigenvalue weighted by Crippen LogP contribution is -1.90. The Bertz CT molecular complexity index is 1010. The molecule has 0 aliphatic heterocycles. The second-order valence-corrected chi connectivity index (χ2v) is 6.10. The number of phenols is 1. The van der Waals surface area contributed by atoms with Crippen LogP contribution in [0.2, 0.25) is 5.02 Å².